The van der Waals surface area contributed by atoms with Gasteiger partial charge < -0.3 is 15.0 Å². The van der Waals surface area contributed by atoms with E-state index in [2.05, 4.69) is 5.32 Å². The summed E-state index contributed by atoms with van der Waals surface area (Å²) in [6, 6.07) is 12.8. The van der Waals surface area contributed by atoms with Crippen molar-refractivity contribution in [3.8, 4) is 0 Å². The van der Waals surface area contributed by atoms with Gasteiger partial charge in [-0.15, -0.1) is 0 Å². The molecule has 1 saturated heterocycles. The molecule has 7 nitrogen and oxygen atoms in total. The van der Waals surface area contributed by atoms with Crippen LogP contribution in [0, 0.1) is 5.92 Å². The van der Waals surface area contributed by atoms with E-state index >= 15 is 0 Å². The summed E-state index contributed by atoms with van der Waals surface area (Å²) in [6.45, 7) is 1.24. The van der Waals surface area contributed by atoms with E-state index in [-0.39, 0.29) is 24.5 Å². The van der Waals surface area contributed by atoms with Crippen LogP contribution in [-0.2, 0) is 16.1 Å². The van der Waals surface area contributed by atoms with Crippen LogP contribution in [0.1, 0.15) is 18.4 Å². The summed E-state index contributed by atoms with van der Waals surface area (Å²) < 4.78 is 6.24. The molecule has 26 heavy (non-hydrogen) atoms. The number of anilines is 1. The molecule has 2 amide bonds. The van der Waals surface area contributed by atoms with E-state index in [4.69, 9.17) is 4.74 Å². The maximum Gasteiger partial charge on any atom is 0.410 e. The molecular weight excluding hydrogens is 334 g/mol. The van der Waals surface area contributed by atoms with Crippen molar-refractivity contribution < 1.29 is 24.3 Å². The van der Waals surface area contributed by atoms with Crippen LogP contribution in [0.15, 0.2) is 54.9 Å². The van der Waals surface area contributed by atoms with E-state index in [0.29, 0.717) is 31.6 Å². The molecule has 0 atom stereocenters. The van der Waals surface area contributed by atoms with E-state index in [0.717, 1.165) is 10.3 Å². The molecule has 0 bridgehead atoms. The first-order valence-electron chi connectivity index (χ1n) is 8.59. The Balaban J connectivity index is 1.43. The van der Waals surface area contributed by atoms with Gasteiger partial charge in [0.1, 0.15) is 6.61 Å². The number of hydrogen-bond donors (Lipinski definition) is 2. The van der Waals surface area contributed by atoms with E-state index in [1.54, 1.807) is 17.0 Å². The standard InChI is InChI=1S/C19H21N3O4/c23-18(20-17-8-12-22(25)13-9-17)16-6-10-21(11-7-16)19(24)26-14-15-4-2-1-3-5-15/h1-5,8-9,12-13,16,25H,6-7,10-11,14H2/p+1. The molecule has 1 aromatic carbocycles. The normalized spacial score (nSPS) is 14.7. The molecule has 0 aliphatic carbocycles. The van der Waals surface area contributed by atoms with Gasteiger partial charge in [-0.05, 0) is 18.4 Å². The number of piperidine rings is 1. The molecule has 136 valence electrons. The van der Waals surface area contributed by atoms with Gasteiger partial charge >= 0.3 is 6.09 Å². The number of aromatic nitrogens is 1. The number of pyridine rings is 1. The monoisotopic (exact) mass is 356 g/mol. The SMILES string of the molecule is O=C(Nc1cc[n+](O)cc1)C1CCN(C(=O)OCc2ccccc2)CC1. The zero-order valence-corrected chi connectivity index (χ0v) is 14.4. The number of nitrogens with one attached hydrogen (secondary N) is 1. The van der Waals surface area contributed by atoms with E-state index in [9.17, 15) is 14.8 Å². The number of ether oxygens (including phenoxy) is 1. The molecule has 0 radical (unpaired) electrons. The first-order valence-corrected chi connectivity index (χ1v) is 8.59. The molecule has 1 fully saturated rings. The molecular formula is C19H22N3O4+. The van der Waals surface area contributed by atoms with Crippen LogP contribution in [0.4, 0.5) is 10.5 Å². The lowest BCUT2D eigenvalue weighted by Crippen LogP contribution is -2.41. The minimum atomic E-state index is -0.344. The largest absolute Gasteiger partial charge is 0.445 e. The number of benzene rings is 1. The Morgan fingerprint density at radius 3 is 2.42 bits per heavy atom. The maximum atomic E-state index is 12.3. The van der Waals surface area contributed by atoms with Gasteiger partial charge in [0.25, 0.3) is 0 Å². The number of carbonyl (C=O) groups excluding carboxylic acids is 2. The highest BCUT2D eigenvalue weighted by molar-refractivity contribution is 5.92. The van der Waals surface area contributed by atoms with Gasteiger partial charge in [-0.1, -0.05) is 30.3 Å². The van der Waals surface area contributed by atoms with E-state index in [1.165, 1.54) is 12.4 Å². The Labute approximate surface area is 151 Å². The second kappa shape index (κ2) is 8.33. The van der Waals surface area contributed by atoms with Crippen molar-refractivity contribution in [1.82, 2.24) is 4.90 Å². The average molecular weight is 356 g/mol. The summed E-state index contributed by atoms with van der Waals surface area (Å²) in [5.74, 6) is -0.215. The Hall–Kier alpha value is -3.09. The van der Waals surface area contributed by atoms with Crippen molar-refractivity contribution in [1.29, 1.82) is 0 Å². The Kier molecular flexibility index (Phi) is 5.68. The number of carbonyl (C=O) groups is 2. The van der Waals surface area contributed by atoms with Gasteiger partial charge in [-0.25, -0.2) is 4.79 Å². The van der Waals surface area contributed by atoms with E-state index < -0.39 is 0 Å². The highest BCUT2D eigenvalue weighted by atomic mass is 16.6. The Morgan fingerprint density at radius 2 is 1.77 bits per heavy atom. The summed E-state index contributed by atoms with van der Waals surface area (Å²) in [6.07, 6.45) is 3.74. The number of hydrogen-bond acceptors (Lipinski definition) is 4. The van der Waals surface area contributed by atoms with Gasteiger partial charge in [0.15, 0.2) is 0 Å². The molecule has 1 aliphatic rings. The third kappa shape index (κ3) is 4.72. The van der Waals surface area contributed by atoms with Crippen LogP contribution in [0.25, 0.3) is 0 Å². The van der Waals surface area contributed by atoms with Gasteiger partial charge in [-0.2, -0.15) is 0 Å². The molecule has 0 unspecified atom stereocenters. The van der Waals surface area contributed by atoms with Gasteiger partial charge in [-0.3, -0.25) is 10.0 Å². The summed E-state index contributed by atoms with van der Waals surface area (Å²) in [5, 5.41) is 12.0. The lowest BCUT2D eigenvalue weighted by molar-refractivity contribution is -0.904. The minimum absolute atomic E-state index is 0.0713. The summed E-state index contributed by atoms with van der Waals surface area (Å²) in [4.78, 5) is 26.1. The van der Waals surface area contributed by atoms with Gasteiger partial charge in [0.05, 0.1) is 5.69 Å². The number of likely N-dealkylation sites (tertiary alicyclic amines) is 1. The Bertz CT molecular complexity index is 741. The topological polar surface area (TPSA) is 82.8 Å². The molecule has 2 heterocycles. The maximum absolute atomic E-state index is 12.3. The fourth-order valence-corrected chi connectivity index (χ4v) is 2.88. The van der Waals surface area contributed by atoms with Crippen LogP contribution in [0.5, 0.6) is 0 Å². The van der Waals surface area contributed by atoms with Crippen LogP contribution in [-0.4, -0.2) is 35.2 Å². The van der Waals surface area contributed by atoms with Crippen LogP contribution < -0.4 is 10.0 Å². The highest BCUT2D eigenvalue weighted by Gasteiger charge is 2.28. The number of nitrogens with zero attached hydrogens (tertiary/aromatic N) is 2. The fraction of sp³-hybridized carbons (Fsp3) is 0.316. The third-order valence-corrected chi connectivity index (χ3v) is 4.41. The van der Waals surface area contributed by atoms with Crippen LogP contribution >= 0.6 is 0 Å². The van der Waals surface area contributed by atoms with Crippen molar-refractivity contribution in [2.45, 2.75) is 19.4 Å². The van der Waals surface area contributed by atoms with Crippen LogP contribution in [0.3, 0.4) is 0 Å². The highest BCUT2D eigenvalue weighted by Crippen LogP contribution is 2.20. The van der Waals surface area contributed by atoms with Crippen molar-refractivity contribution in [3.63, 3.8) is 0 Å². The third-order valence-electron chi connectivity index (χ3n) is 4.41. The smallest absolute Gasteiger partial charge is 0.410 e. The van der Waals surface area contributed by atoms with Gasteiger partial charge in [0, 0.05) is 35.9 Å². The molecule has 2 N–H and O–H groups in total. The lowest BCUT2D eigenvalue weighted by Gasteiger charge is -2.30. The zero-order valence-electron chi connectivity index (χ0n) is 14.4. The minimum Gasteiger partial charge on any atom is -0.445 e. The quantitative estimate of drug-likeness (QED) is 0.650. The van der Waals surface area contributed by atoms with E-state index in [1.807, 2.05) is 30.3 Å². The summed E-state index contributed by atoms with van der Waals surface area (Å²) in [7, 11) is 0. The van der Waals surface area contributed by atoms with Crippen molar-refractivity contribution in [2.24, 2.45) is 5.92 Å². The first kappa shape index (κ1) is 17.7. The lowest BCUT2D eigenvalue weighted by atomic mass is 9.96. The Morgan fingerprint density at radius 1 is 1.12 bits per heavy atom. The first-order chi connectivity index (χ1) is 12.6. The molecule has 7 heteroatoms. The average Bonchev–Trinajstić information content (AvgIpc) is 2.69. The molecule has 2 aromatic rings. The van der Waals surface area contributed by atoms with Crippen molar-refractivity contribution >= 4 is 17.7 Å². The van der Waals surface area contributed by atoms with Gasteiger partial charge in [0.2, 0.25) is 18.3 Å². The summed E-state index contributed by atoms with van der Waals surface area (Å²) >= 11 is 0. The second-order valence-electron chi connectivity index (χ2n) is 6.26. The molecule has 3 rings (SSSR count). The predicted molar refractivity (Wildman–Crippen MR) is 93.4 cm³/mol. The molecule has 1 aromatic heterocycles. The second-order valence-corrected chi connectivity index (χ2v) is 6.26. The molecule has 1 aliphatic heterocycles. The number of rotatable bonds is 4. The van der Waals surface area contributed by atoms with Crippen LogP contribution in [0.2, 0.25) is 0 Å². The predicted octanol–water partition coefficient (Wildman–Crippen LogP) is 2.20. The number of amides is 2. The summed E-state index contributed by atoms with van der Waals surface area (Å²) in [5.41, 5.74) is 1.58. The van der Waals surface area contributed by atoms with Crippen molar-refractivity contribution in [2.75, 3.05) is 18.4 Å². The molecule has 0 saturated carbocycles. The molecule has 0 spiro atoms. The van der Waals surface area contributed by atoms with Crippen molar-refractivity contribution in [3.05, 3.63) is 60.4 Å². The fourth-order valence-electron chi connectivity index (χ4n) is 2.88. The zero-order chi connectivity index (χ0) is 18.4.